The van der Waals surface area contributed by atoms with Crippen LogP contribution >= 0.6 is 8.25 Å². The number of unbranched alkanes of at least 4 members (excludes halogenated alkanes) is 26. The van der Waals surface area contributed by atoms with E-state index >= 15 is 0 Å². The molecule has 0 aliphatic carbocycles. The van der Waals surface area contributed by atoms with E-state index in [9.17, 15) is 4.57 Å². The first-order valence-electron chi connectivity index (χ1n) is 15.6. The molecule has 0 amide bonds. The zero-order valence-corrected chi connectivity index (χ0v) is 24.8. The molecule has 0 saturated heterocycles. The Bertz CT molecular complexity index is 439. The van der Waals surface area contributed by atoms with Crippen LogP contribution < -0.4 is 0 Å². The van der Waals surface area contributed by atoms with Gasteiger partial charge in [-0.25, -0.2) is 4.52 Å². The van der Waals surface area contributed by atoms with Gasteiger partial charge in [-0.3, -0.25) is 0 Å². The topological polar surface area (TPSA) is 35.5 Å². The number of hydrogen-bond donors (Lipinski definition) is 0. The predicted molar refractivity (Wildman–Crippen MR) is 155 cm³/mol. The predicted octanol–water partition coefficient (Wildman–Crippen LogP) is 12.4. The molecule has 0 aromatic heterocycles. The standard InChI is InChI=1S/C31H62O3P/c1-3-4-5-6-7-8-9-10-11-12-13-14-15-16-17-18-19-20-21-22-23-24-25-26-27-28-29-30-31-34-35(32)33-2/h30-31H,3-29H2,1-2H3/q+1. The molecular weight excluding hydrogens is 451 g/mol. The minimum atomic E-state index is -1.97. The smallest absolute Gasteiger partial charge is 0.238 e. The molecule has 0 aliphatic rings. The van der Waals surface area contributed by atoms with Crippen molar-refractivity contribution < 1.29 is 13.6 Å². The Labute approximate surface area is 221 Å². The largest absolute Gasteiger partial charge is 0.749 e. The molecular formula is C31H62O3P+. The van der Waals surface area contributed by atoms with Crippen LogP contribution in [0.3, 0.4) is 0 Å². The van der Waals surface area contributed by atoms with E-state index in [1.807, 2.05) is 6.08 Å². The van der Waals surface area contributed by atoms with Gasteiger partial charge in [0.1, 0.15) is 6.26 Å². The summed E-state index contributed by atoms with van der Waals surface area (Å²) in [7, 11) is -0.582. The molecule has 0 aromatic rings. The molecule has 1 atom stereocenters. The fourth-order valence-electron chi connectivity index (χ4n) is 4.78. The summed E-state index contributed by atoms with van der Waals surface area (Å²) in [6.07, 6.45) is 41.5. The van der Waals surface area contributed by atoms with Gasteiger partial charge in [0, 0.05) is 4.57 Å². The van der Waals surface area contributed by atoms with E-state index in [1.165, 1.54) is 180 Å². The highest BCUT2D eigenvalue weighted by Crippen LogP contribution is 2.22. The summed E-state index contributed by atoms with van der Waals surface area (Å²) in [5.74, 6) is 0. The van der Waals surface area contributed by atoms with Crippen molar-refractivity contribution in [3.05, 3.63) is 12.3 Å². The van der Waals surface area contributed by atoms with Gasteiger partial charge in [-0.15, -0.1) is 4.52 Å². The molecule has 0 aliphatic heterocycles. The van der Waals surface area contributed by atoms with E-state index in [-0.39, 0.29) is 0 Å². The second-order valence-corrected chi connectivity index (χ2v) is 11.5. The highest BCUT2D eigenvalue weighted by Gasteiger charge is 2.13. The normalized spacial score (nSPS) is 12.0. The van der Waals surface area contributed by atoms with Crippen molar-refractivity contribution in [3.8, 4) is 0 Å². The maximum absolute atomic E-state index is 10.9. The van der Waals surface area contributed by atoms with E-state index in [1.54, 1.807) is 0 Å². The molecule has 0 radical (unpaired) electrons. The van der Waals surface area contributed by atoms with Crippen molar-refractivity contribution >= 4 is 8.25 Å². The quantitative estimate of drug-likeness (QED) is 0.0544. The van der Waals surface area contributed by atoms with Gasteiger partial charge in [0.15, 0.2) is 0 Å². The second-order valence-electron chi connectivity index (χ2n) is 10.5. The SMILES string of the molecule is CCCCCCCCCCCCCCCCCCCCCCCCCCCCC=CO[P+](=O)OC. The van der Waals surface area contributed by atoms with Gasteiger partial charge in [0.25, 0.3) is 0 Å². The third kappa shape index (κ3) is 31.6. The summed E-state index contributed by atoms with van der Waals surface area (Å²) in [4.78, 5) is 0. The first-order chi connectivity index (χ1) is 17.3. The van der Waals surface area contributed by atoms with E-state index in [0.29, 0.717) is 0 Å². The van der Waals surface area contributed by atoms with Crippen LogP contribution in [0.25, 0.3) is 0 Å². The highest BCUT2D eigenvalue weighted by atomic mass is 31.1. The summed E-state index contributed by atoms with van der Waals surface area (Å²) in [6.45, 7) is 2.30. The number of hydrogen-bond acceptors (Lipinski definition) is 3. The van der Waals surface area contributed by atoms with Gasteiger partial charge in [-0.2, -0.15) is 0 Å². The number of rotatable bonds is 30. The van der Waals surface area contributed by atoms with Crippen LogP contribution in [0.15, 0.2) is 12.3 Å². The molecule has 3 nitrogen and oxygen atoms in total. The minimum Gasteiger partial charge on any atom is -0.238 e. The van der Waals surface area contributed by atoms with Crippen LogP contribution in [0.5, 0.6) is 0 Å². The van der Waals surface area contributed by atoms with Gasteiger partial charge < -0.3 is 0 Å². The molecule has 0 rings (SSSR count). The molecule has 0 spiro atoms. The van der Waals surface area contributed by atoms with Gasteiger partial charge in [0.2, 0.25) is 0 Å². The van der Waals surface area contributed by atoms with E-state index < -0.39 is 8.25 Å². The van der Waals surface area contributed by atoms with Crippen molar-refractivity contribution in [2.75, 3.05) is 7.11 Å². The Hall–Kier alpha value is -0.400. The fraction of sp³-hybridized carbons (Fsp3) is 0.935. The lowest BCUT2D eigenvalue weighted by molar-refractivity contribution is 0.326. The van der Waals surface area contributed by atoms with Crippen LogP contribution in [0.2, 0.25) is 0 Å². The zero-order valence-electron chi connectivity index (χ0n) is 23.9. The molecule has 35 heavy (non-hydrogen) atoms. The summed E-state index contributed by atoms with van der Waals surface area (Å²) in [5.41, 5.74) is 0. The Morgan fingerprint density at radius 1 is 0.486 bits per heavy atom. The van der Waals surface area contributed by atoms with Crippen molar-refractivity contribution in [2.24, 2.45) is 0 Å². The molecule has 0 N–H and O–H groups in total. The van der Waals surface area contributed by atoms with Gasteiger partial charge >= 0.3 is 8.25 Å². The summed E-state index contributed by atoms with van der Waals surface area (Å²) < 4.78 is 20.3. The Morgan fingerprint density at radius 3 is 1.06 bits per heavy atom. The first-order valence-corrected chi connectivity index (χ1v) is 16.7. The van der Waals surface area contributed by atoms with Crippen LogP contribution in [0.4, 0.5) is 0 Å². The monoisotopic (exact) mass is 513 g/mol. The molecule has 0 aromatic carbocycles. The summed E-state index contributed by atoms with van der Waals surface area (Å²) in [5, 5.41) is 0. The lowest BCUT2D eigenvalue weighted by Crippen LogP contribution is -1.84. The van der Waals surface area contributed by atoms with Crippen LogP contribution in [0, 0.1) is 0 Å². The van der Waals surface area contributed by atoms with Crippen LogP contribution in [0.1, 0.15) is 180 Å². The first kappa shape index (κ1) is 34.6. The van der Waals surface area contributed by atoms with Gasteiger partial charge in [-0.05, 0) is 18.9 Å². The molecule has 0 bridgehead atoms. The summed E-state index contributed by atoms with van der Waals surface area (Å²) in [6, 6.07) is 0. The fourth-order valence-corrected chi connectivity index (χ4v) is 5.05. The molecule has 0 fully saturated rings. The van der Waals surface area contributed by atoms with Crippen LogP contribution in [-0.4, -0.2) is 7.11 Å². The Kier molecular flexibility index (Phi) is 31.3. The third-order valence-corrected chi connectivity index (χ3v) is 7.71. The Balaban J connectivity index is 3.06. The second kappa shape index (κ2) is 31.6. The molecule has 1 unspecified atom stereocenters. The molecule has 208 valence electrons. The van der Waals surface area contributed by atoms with Gasteiger partial charge in [-0.1, -0.05) is 167 Å². The van der Waals surface area contributed by atoms with Crippen LogP contribution in [-0.2, 0) is 13.6 Å². The average Bonchev–Trinajstić information content (AvgIpc) is 2.87. The third-order valence-electron chi connectivity index (χ3n) is 7.12. The lowest BCUT2D eigenvalue weighted by Gasteiger charge is -2.04. The highest BCUT2D eigenvalue weighted by molar-refractivity contribution is 7.33. The lowest BCUT2D eigenvalue weighted by atomic mass is 10.0. The zero-order chi connectivity index (χ0) is 25.5. The maximum Gasteiger partial charge on any atom is 0.749 e. The van der Waals surface area contributed by atoms with Crippen molar-refractivity contribution in [1.82, 2.24) is 0 Å². The maximum atomic E-state index is 10.9. The van der Waals surface area contributed by atoms with Crippen molar-refractivity contribution in [2.45, 2.75) is 180 Å². The number of allylic oxidation sites excluding steroid dienone is 1. The van der Waals surface area contributed by atoms with Crippen molar-refractivity contribution in [1.29, 1.82) is 0 Å². The van der Waals surface area contributed by atoms with E-state index in [0.717, 1.165) is 6.42 Å². The van der Waals surface area contributed by atoms with Gasteiger partial charge in [0.05, 0.1) is 7.11 Å². The Morgan fingerprint density at radius 2 is 0.771 bits per heavy atom. The minimum absolute atomic E-state index is 0.992. The molecule has 0 saturated carbocycles. The molecule has 0 heterocycles. The van der Waals surface area contributed by atoms with Crippen molar-refractivity contribution in [3.63, 3.8) is 0 Å². The molecule has 4 heteroatoms. The van der Waals surface area contributed by atoms with E-state index in [4.69, 9.17) is 4.52 Å². The van der Waals surface area contributed by atoms with E-state index in [2.05, 4.69) is 11.4 Å². The summed E-state index contributed by atoms with van der Waals surface area (Å²) >= 11 is 0. The average molecular weight is 514 g/mol.